The highest BCUT2D eigenvalue weighted by Gasteiger charge is 2.21. The Morgan fingerprint density at radius 3 is 2.15 bits per heavy atom. The van der Waals surface area contributed by atoms with Crippen LogP contribution in [-0.2, 0) is 0 Å². The quantitative estimate of drug-likeness (QED) is 0.677. The van der Waals surface area contributed by atoms with E-state index in [0.717, 1.165) is 13.0 Å². The Morgan fingerprint density at radius 1 is 1.10 bits per heavy atom. The predicted octanol–water partition coefficient (Wildman–Crippen LogP) is 1.83. The molecule has 5 heteroatoms. The summed E-state index contributed by atoms with van der Waals surface area (Å²) in [6.45, 7) is 5.39. The first kappa shape index (κ1) is 16.6. The Kier molecular flexibility index (Phi) is 6.61. The third-order valence-electron chi connectivity index (χ3n) is 2.81. The van der Waals surface area contributed by atoms with Crippen LogP contribution < -0.4 is 19.5 Å². The van der Waals surface area contributed by atoms with Crippen LogP contribution in [0.25, 0.3) is 0 Å². The van der Waals surface area contributed by atoms with E-state index in [2.05, 4.69) is 12.2 Å². The minimum atomic E-state index is -0.925. The second kappa shape index (κ2) is 7.97. The summed E-state index contributed by atoms with van der Waals surface area (Å²) in [5.41, 5.74) is -0.925. The molecular weight excluding hydrogens is 258 g/mol. The summed E-state index contributed by atoms with van der Waals surface area (Å²) in [5.74, 6) is 1.92. The van der Waals surface area contributed by atoms with Crippen molar-refractivity contribution in [2.75, 3.05) is 33.9 Å². The summed E-state index contributed by atoms with van der Waals surface area (Å²) >= 11 is 0. The molecule has 2 N–H and O–H groups in total. The molecule has 114 valence electrons. The van der Waals surface area contributed by atoms with Gasteiger partial charge in [0.1, 0.15) is 29.5 Å². The molecule has 0 saturated heterocycles. The molecule has 0 aliphatic heterocycles. The van der Waals surface area contributed by atoms with Crippen molar-refractivity contribution in [3.8, 4) is 17.2 Å². The molecule has 20 heavy (non-hydrogen) atoms. The van der Waals surface area contributed by atoms with E-state index in [1.165, 1.54) is 0 Å². The van der Waals surface area contributed by atoms with Gasteiger partial charge in [0.15, 0.2) is 0 Å². The summed E-state index contributed by atoms with van der Waals surface area (Å²) in [4.78, 5) is 0. The maximum Gasteiger partial charge on any atom is 0.126 e. The van der Waals surface area contributed by atoms with Gasteiger partial charge in [-0.05, 0) is 19.9 Å². The van der Waals surface area contributed by atoms with Crippen LogP contribution in [0.2, 0.25) is 0 Å². The fraction of sp³-hybridized carbons (Fsp3) is 0.600. The number of ether oxygens (including phenoxy) is 3. The van der Waals surface area contributed by atoms with E-state index in [-0.39, 0.29) is 6.61 Å². The van der Waals surface area contributed by atoms with Crippen LogP contribution in [0.5, 0.6) is 17.2 Å². The van der Waals surface area contributed by atoms with Gasteiger partial charge in [0, 0.05) is 24.7 Å². The molecule has 1 atom stereocenters. The Hall–Kier alpha value is -1.46. The molecule has 0 aliphatic carbocycles. The lowest BCUT2D eigenvalue weighted by Crippen LogP contribution is -2.43. The average molecular weight is 283 g/mol. The Bertz CT molecular complexity index is 385. The van der Waals surface area contributed by atoms with E-state index in [1.54, 1.807) is 39.3 Å². The average Bonchev–Trinajstić information content (AvgIpc) is 2.45. The molecule has 0 spiro atoms. The fourth-order valence-corrected chi connectivity index (χ4v) is 1.69. The van der Waals surface area contributed by atoms with Gasteiger partial charge in [0.25, 0.3) is 0 Å². The monoisotopic (exact) mass is 283 g/mol. The number of nitrogens with one attached hydrogen (secondary N) is 1. The van der Waals surface area contributed by atoms with Crippen LogP contribution in [-0.4, -0.2) is 44.6 Å². The summed E-state index contributed by atoms with van der Waals surface area (Å²) in [7, 11) is 3.17. The lowest BCUT2D eigenvalue weighted by Gasteiger charge is -2.24. The zero-order chi connectivity index (χ0) is 15.0. The second-order valence-corrected chi connectivity index (χ2v) is 5.01. The topological polar surface area (TPSA) is 60.0 Å². The Morgan fingerprint density at radius 2 is 1.65 bits per heavy atom. The van der Waals surface area contributed by atoms with Crippen molar-refractivity contribution in [2.45, 2.75) is 25.9 Å². The molecule has 1 unspecified atom stereocenters. The van der Waals surface area contributed by atoms with E-state index in [1.807, 2.05) is 0 Å². The molecule has 0 amide bonds. The van der Waals surface area contributed by atoms with E-state index in [0.29, 0.717) is 23.8 Å². The summed E-state index contributed by atoms with van der Waals surface area (Å²) in [5, 5.41) is 13.4. The SMILES string of the molecule is CCCNCC(C)(O)COc1cc(OC)cc(OC)c1. The molecule has 0 aliphatic rings. The van der Waals surface area contributed by atoms with Crippen LogP contribution in [0.3, 0.4) is 0 Å². The van der Waals surface area contributed by atoms with Gasteiger partial charge in [-0.25, -0.2) is 0 Å². The van der Waals surface area contributed by atoms with Crippen LogP contribution in [0, 0.1) is 0 Å². The van der Waals surface area contributed by atoms with Gasteiger partial charge in [-0.3, -0.25) is 0 Å². The van der Waals surface area contributed by atoms with Gasteiger partial charge < -0.3 is 24.6 Å². The van der Waals surface area contributed by atoms with Gasteiger partial charge >= 0.3 is 0 Å². The van der Waals surface area contributed by atoms with Gasteiger partial charge in [-0.15, -0.1) is 0 Å². The second-order valence-electron chi connectivity index (χ2n) is 5.01. The fourth-order valence-electron chi connectivity index (χ4n) is 1.69. The molecule has 0 fully saturated rings. The number of rotatable bonds is 9. The number of hydrogen-bond acceptors (Lipinski definition) is 5. The molecule has 0 heterocycles. The molecule has 0 bridgehead atoms. The highest BCUT2D eigenvalue weighted by atomic mass is 16.5. The molecule has 1 aromatic rings. The van der Waals surface area contributed by atoms with E-state index >= 15 is 0 Å². The third kappa shape index (κ3) is 5.67. The lowest BCUT2D eigenvalue weighted by atomic mass is 10.1. The first-order chi connectivity index (χ1) is 9.50. The number of aliphatic hydroxyl groups is 1. The van der Waals surface area contributed by atoms with Gasteiger partial charge in [0.2, 0.25) is 0 Å². The molecule has 1 aromatic carbocycles. The minimum Gasteiger partial charge on any atom is -0.496 e. The molecule has 0 saturated carbocycles. The smallest absolute Gasteiger partial charge is 0.126 e. The highest BCUT2D eigenvalue weighted by Crippen LogP contribution is 2.27. The summed E-state index contributed by atoms with van der Waals surface area (Å²) in [6.07, 6.45) is 1.03. The molecular formula is C15H25NO4. The first-order valence-corrected chi connectivity index (χ1v) is 6.79. The van der Waals surface area contributed by atoms with Crippen molar-refractivity contribution in [3.05, 3.63) is 18.2 Å². The van der Waals surface area contributed by atoms with Crippen LogP contribution >= 0.6 is 0 Å². The van der Waals surface area contributed by atoms with E-state index in [9.17, 15) is 5.11 Å². The summed E-state index contributed by atoms with van der Waals surface area (Å²) < 4.78 is 16.0. The normalized spacial score (nSPS) is 13.7. The molecule has 0 radical (unpaired) electrons. The predicted molar refractivity (Wildman–Crippen MR) is 78.8 cm³/mol. The Balaban J connectivity index is 2.59. The largest absolute Gasteiger partial charge is 0.496 e. The number of hydrogen-bond donors (Lipinski definition) is 2. The number of methoxy groups -OCH3 is 2. The Labute approximate surface area is 120 Å². The lowest BCUT2D eigenvalue weighted by molar-refractivity contribution is 0.0123. The van der Waals surface area contributed by atoms with Crippen molar-refractivity contribution in [1.29, 1.82) is 0 Å². The van der Waals surface area contributed by atoms with Crippen molar-refractivity contribution in [3.63, 3.8) is 0 Å². The summed E-state index contributed by atoms with van der Waals surface area (Å²) in [6, 6.07) is 5.30. The van der Waals surface area contributed by atoms with Crippen molar-refractivity contribution in [1.82, 2.24) is 5.32 Å². The van der Waals surface area contributed by atoms with Gasteiger partial charge in [0.05, 0.1) is 14.2 Å². The maximum absolute atomic E-state index is 10.2. The maximum atomic E-state index is 10.2. The van der Waals surface area contributed by atoms with E-state index in [4.69, 9.17) is 14.2 Å². The van der Waals surface area contributed by atoms with Crippen LogP contribution in [0.1, 0.15) is 20.3 Å². The van der Waals surface area contributed by atoms with Gasteiger partial charge in [-0.2, -0.15) is 0 Å². The molecule has 5 nitrogen and oxygen atoms in total. The zero-order valence-electron chi connectivity index (χ0n) is 12.7. The van der Waals surface area contributed by atoms with Crippen molar-refractivity contribution in [2.24, 2.45) is 0 Å². The third-order valence-corrected chi connectivity index (χ3v) is 2.81. The highest BCUT2D eigenvalue weighted by molar-refractivity contribution is 5.42. The standard InChI is InChI=1S/C15H25NO4/c1-5-6-16-10-15(2,17)11-20-14-8-12(18-3)7-13(9-14)19-4/h7-9,16-17H,5-6,10-11H2,1-4H3. The van der Waals surface area contributed by atoms with E-state index < -0.39 is 5.60 Å². The first-order valence-electron chi connectivity index (χ1n) is 6.79. The van der Waals surface area contributed by atoms with Crippen molar-refractivity contribution < 1.29 is 19.3 Å². The van der Waals surface area contributed by atoms with Crippen LogP contribution in [0.15, 0.2) is 18.2 Å². The van der Waals surface area contributed by atoms with Crippen LogP contribution in [0.4, 0.5) is 0 Å². The van der Waals surface area contributed by atoms with Gasteiger partial charge in [-0.1, -0.05) is 6.92 Å². The minimum absolute atomic E-state index is 0.194. The zero-order valence-corrected chi connectivity index (χ0v) is 12.7. The molecule has 0 aromatic heterocycles. The molecule has 1 rings (SSSR count). The number of benzene rings is 1. The van der Waals surface area contributed by atoms with Crippen molar-refractivity contribution >= 4 is 0 Å².